The molecule has 26 heavy (non-hydrogen) atoms. The average molecular weight is 384 g/mol. The molecule has 0 N–H and O–H groups in total. The Labute approximate surface area is 164 Å². The summed E-state index contributed by atoms with van der Waals surface area (Å²) in [5.74, 6) is 0.833. The van der Waals surface area contributed by atoms with Crippen molar-refractivity contribution in [3.63, 3.8) is 0 Å². The zero-order valence-electron chi connectivity index (χ0n) is 14.4. The second kappa shape index (κ2) is 8.88. The lowest BCUT2D eigenvalue weighted by Crippen LogP contribution is -1.95. The molecule has 1 atom stereocenters. The molecule has 3 rings (SSSR count). The van der Waals surface area contributed by atoms with E-state index in [9.17, 15) is 0 Å². The first-order chi connectivity index (χ1) is 12.6. The number of nitrogens with zero attached hydrogens (tertiary/aromatic N) is 1. The summed E-state index contributed by atoms with van der Waals surface area (Å²) in [5.41, 5.74) is 3.11. The SMILES string of the molecule is C[C@@H](N=Cc1ccc(OCc2ccccc2)cc1)c1ccc(Cl)cc1Cl. The van der Waals surface area contributed by atoms with E-state index in [1.54, 1.807) is 6.07 Å². The monoisotopic (exact) mass is 383 g/mol. The predicted molar refractivity (Wildman–Crippen MR) is 110 cm³/mol. The van der Waals surface area contributed by atoms with E-state index in [2.05, 4.69) is 4.99 Å². The highest BCUT2D eigenvalue weighted by Crippen LogP contribution is 2.28. The highest BCUT2D eigenvalue weighted by Gasteiger charge is 2.08. The van der Waals surface area contributed by atoms with E-state index in [0.29, 0.717) is 16.7 Å². The van der Waals surface area contributed by atoms with Crippen molar-refractivity contribution >= 4 is 29.4 Å². The summed E-state index contributed by atoms with van der Waals surface area (Å²) < 4.78 is 5.79. The molecule has 0 fully saturated rings. The molecule has 0 amide bonds. The van der Waals surface area contributed by atoms with Crippen molar-refractivity contribution in [2.75, 3.05) is 0 Å². The van der Waals surface area contributed by atoms with E-state index < -0.39 is 0 Å². The van der Waals surface area contributed by atoms with Crippen LogP contribution in [0.1, 0.15) is 29.7 Å². The summed E-state index contributed by atoms with van der Waals surface area (Å²) in [4.78, 5) is 4.59. The van der Waals surface area contributed by atoms with Crippen LogP contribution in [0.15, 0.2) is 77.8 Å². The van der Waals surface area contributed by atoms with Gasteiger partial charge in [0.05, 0.1) is 6.04 Å². The zero-order valence-corrected chi connectivity index (χ0v) is 15.9. The summed E-state index contributed by atoms with van der Waals surface area (Å²) in [5, 5.41) is 1.26. The van der Waals surface area contributed by atoms with Crippen LogP contribution < -0.4 is 4.74 Å². The number of halogens is 2. The summed E-state index contributed by atoms with van der Waals surface area (Å²) in [7, 11) is 0. The molecule has 4 heteroatoms. The van der Waals surface area contributed by atoms with Crippen LogP contribution in [-0.2, 0) is 6.61 Å². The Kier molecular flexibility index (Phi) is 6.32. The molecule has 2 nitrogen and oxygen atoms in total. The molecule has 3 aromatic rings. The lowest BCUT2D eigenvalue weighted by Gasteiger charge is -2.09. The lowest BCUT2D eigenvalue weighted by molar-refractivity contribution is 0.306. The molecule has 0 aliphatic rings. The molecule has 0 aliphatic heterocycles. The third-order valence-corrected chi connectivity index (χ3v) is 4.55. The zero-order chi connectivity index (χ0) is 18.4. The molecule has 0 aliphatic carbocycles. The van der Waals surface area contributed by atoms with Crippen molar-refractivity contribution in [2.45, 2.75) is 19.6 Å². The molecule has 0 spiro atoms. The molecule has 0 saturated heterocycles. The lowest BCUT2D eigenvalue weighted by atomic mass is 10.1. The van der Waals surface area contributed by atoms with Crippen molar-refractivity contribution in [1.82, 2.24) is 0 Å². The summed E-state index contributed by atoms with van der Waals surface area (Å²) in [6, 6.07) is 23.4. The normalized spacial score (nSPS) is 12.3. The van der Waals surface area contributed by atoms with E-state index >= 15 is 0 Å². The summed E-state index contributed by atoms with van der Waals surface area (Å²) >= 11 is 12.2. The van der Waals surface area contributed by atoms with Crippen molar-refractivity contribution in [1.29, 1.82) is 0 Å². The molecule has 0 aromatic heterocycles. The predicted octanol–water partition coefficient (Wildman–Crippen LogP) is 6.75. The van der Waals surface area contributed by atoms with E-state index in [1.807, 2.05) is 79.9 Å². The van der Waals surface area contributed by atoms with Crippen LogP contribution in [0.2, 0.25) is 10.0 Å². The molecule has 132 valence electrons. The Morgan fingerprint density at radius 1 is 0.962 bits per heavy atom. The van der Waals surface area contributed by atoms with Gasteiger partial charge in [0.25, 0.3) is 0 Å². The fraction of sp³-hybridized carbons (Fsp3) is 0.136. The van der Waals surface area contributed by atoms with Gasteiger partial charge in [0.15, 0.2) is 0 Å². The maximum atomic E-state index is 6.24. The fourth-order valence-corrected chi connectivity index (χ4v) is 3.08. The van der Waals surface area contributed by atoms with Gasteiger partial charge < -0.3 is 4.74 Å². The van der Waals surface area contributed by atoms with Gasteiger partial charge in [-0.3, -0.25) is 4.99 Å². The Bertz CT molecular complexity index is 876. The number of benzene rings is 3. The van der Waals surface area contributed by atoms with Crippen molar-refractivity contribution < 1.29 is 4.74 Å². The second-order valence-electron chi connectivity index (χ2n) is 5.96. The van der Waals surface area contributed by atoms with Gasteiger partial charge in [-0.05, 0) is 60.0 Å². The molecule has 0 saturated carbocycles. The molecule has 3 aromatic carbocycles. The van der Waals surface area contributed by atoms with Crippen molar-refractivity contribution in [3.8, 4) is 5.75 Å². The number of rotatable bonds is 6. The molecule has 0 bridgehead atoms. The Balaban J connectivity index is 1.60. The van der Waals surface area contributed by atoms with E-state index in [-0.39, 0.29) is 6.04 Å². The fourth-order valence-electron chi connectivity index (χ4n) is 2.51. The third-order valence-electron chi connectivity index (χ3n) is 3.99. The summed E-state index contributed by atoms with van der Waals surface area (Å²) in [6.07, 6.45) is 1.84. The number of hydrogen-bond acceptors (Lipinski definition) is 2. The van der Waals surface area contributed by atoms with Gasteiger partial charge in [-0.1, -0.05) is 59.6 Å². The van der Waals surface area contributed by atoms with Crippen LogP contribution in [-0.4, -0.2) is 6.21 Å². The van der Waals surface area contributed by atoms with Crippen LogP contribution in [0.3, 0.4) is 0 Å². The topological polar surface area (TPSA) is 21.6 Å². The van der Waals surface area contributed by atoms with Gasteiger partial charge in [0.2, 0.25) is 0 Å². The number of hydrogen-bond donors (Lipinski definition) is 0. The van der Waals surface area contributed by atoms with Gasteiger partial charge in [0, 0.05) is 16.3 Å². The molecule has 0 heterocycles. The minimum atomic E-state index is -0.0474. The highest BCUT2D eigenvalue weighted by atomic mass is 35.5. The van der Waals surface area contributed by atoms with Crippen molar-refractivity contribution in [3.05, 3.63) is 99.5 Å². The first-order valence-electron chi connectivity index (χ1n) is 8.37. The maximum absolute atomic E-state index is 6.24. The second-order valence-corrected chi connectivity index (χ2v) is 6.81. The highest BCUT2D eigenvalue weighted by molar-refractivity contribution is 6.35. The van der Waals surface area contributed by atoms with Crippen molar-refractivity contribution in [2.24, 2.45) is 4.99 Å². The summed E-state index contributed by atoms with van der Waals surface area (Å²) in [6.45, 7) is 2.56. The van der Waals surface area contributed by atoms with E-state index in [4.69, 9.17) is 27.9 Å². The van der Waals surface area contributed by atoms with Gasteiger partial charge in [0.1, 0.15) is 12.4 Å². The largest absolute Gasteiger partial charge is 0.489 e. The number of aliphatic imine (C=N–C) groups is 1. The average Bonchev–Trinajstić information content (AvgIpc) is 2.66. The number of ether oxygens (including phenoxy) is 1. The minimum Gasteiger partial charge on any atom is -0.489 e. The van der Waals surface area contributed by atoms with Crippen LogP contribution >= 0.6 is 23.2 Å². The Morgan fingerprint density at radius 3 is 2.38 bits per heavy atom. The third kappa shape index (κ3) is 5.10. The quantitative estimate of drug-likeness (QED) is 0.431. The van der Waals surface area contributed by atoms with Crippen LogP contribution in [0.5, 0.6) is 5.75 Å². The molecule has 0 unspecified atom stereocenters. The molecule has 0 radical (unpaired) electrons. The van der Waals surface area contributed by atoms with Gasteiger partial charge in [-0.2, -0.15) is 0 Å². The minimum absolute atomic E-state index is 0.0474. The van der Waals surface area contributed by atoms with Gasteiger partial charge >= 0.3 is 0 Å². The smallest absolute Gasteiger partial charge is 0.119 e. The van der Waals surface area contributed by atoms with Gasteiger partial charge in [-0.15, -0.1) is 0 Å². The van der Waals surface area contributed by atoms with E-state index in [1.165, 1.54) is 0 Å². The Hall–Kier alpha value is -2.29. The van der Waals surface area contributed by atoms with E-state index in [0.717, 1.165) is 22.4 Å². The maximum Gasteiger partial charge on any atom is 0.119 e. The first-order valence-corrected chi connectivity index (χ1v) is 9.12. The Morgan fingerprint density at radius 2 is 1.69 bits per heavy atom. The first kappa shape index (κ1) is 18.5. The van der Waals surface area contributed by atoms with Crippen LogP contribution in [0.25, 0.3) is 0 Å². The van der Waals surface area contributed by atoms with Crippen LogP contribution in [0.4, 0.5) is 0 Å². The van der Waals surface area contributed by atoms with Crippen LogP contribution in [0, 0.1) is 0 Å². The van der Waals surface area contributed by atoms with Gasteiger partial charge in [-0.25, -0.2) is 0 Å². The standard InChI is InChI=1S/C22H19Cl2NO/c1-16(21-12-9-19(23)13-22(21)24)25-14-17-7-10-20(11-8-17)26-15-18-5-3-2-4-6-18/h2-14,16H,15H2,1H3/t16-/m1/s1. The molecular weight excluding hydrogens is 365 g/mol. The molecular formula is C22H19Cl2NO.